The third kappa shape index (κ3) is 4.23. The number of halogens is 1. The van der Waals surface area contributed by atoms with Gasteiger partial charge < -0.3 is 5.32 Å². The number of amides is 1. The van der Waals surface area contributed by atoms with Gasteiger partial charge in [-0.15, -0.1) is 0 Å². The van der Waals surface area contributed by atoms with Gasteiger partial charge in [0.25, 0.3) is 15.9 Å². The molecule has 0 fully saturated rings. The van der Waals surface area contributed by atoms with Crippen LogP contribution in [-0.4, -0.2) is 31.8 Å². The average molecular weight is 393 g/mol. The zero-order valence-electron chi connectivity index (χ0n) is 13.8. The van der Waals surface area contributed by atoms with E-state index in [0.29, 0.717) is 17.3 Å². The van der Waals surface area contributed by atoms with Crippen molar-refractivity contribution >= 4 is 38.5 Å². The van der Waals surface area contributed by atoms with Gasteiger partial charge in [-0.2, -0.15) is 0 Å². The van der Waals surface area contributed by atoms with Crippen molar-refractivity contribution in [3.63, 3.8) is 0 Å². The summed E-state index contributed by atoms with van der Waals surface area (Å²) in [4.78, 5) is 16.5. The van der Waals surface area contributed by atoms with E-state index in [2.05, 4.69) is 15.0 Å². The number of aryl methyl sites for hydroxylation is 1. The largest absolute Gasteiger partial charge is 0.301 e. The number of carbonyl (C=O) groups excluding carboxylic acids is 1. The molecule has 26 heavy (non-hydrogen) atoms. The van der Waals surface area contributed by atoms with Crippen molar-refractivity contribution in [1.29, 1.82) is 0 Å². The van der Waals surface area contributed by atoms with Crippen molar-refractivity contribution < 1.29 is 17.6 Å². The van der Waals surface area contributed by atoms with Crippen LogP contribution >= 0.6 is 11.8 Å². The molecule has 1 aliphatic heterocycles. The monoisotopic (exact) mass is 393 g/mol. The van der Waals surface area contributed by atoms with E-state index >= 15 is 0 Å². The summed E-state index contributed by atoms with van der Waals surface area (Å²) >= 11 is 1.44. The van der Waals surface area contributed by atoms with Crippen molar-refractivity contribution in [2.45, 2.75) is 11.8 Å². The lowest BCUT2D eigenvalue weighted by atomic mass is 10.1. The molecule has 0 radical (unpaired) electrons. The normalized spacial score (nSPS) is 14.0. The molecule has 6 nitrogen and oxygen atoms in total. The summed E-state index contributed by atoms with van der Waals surface area (Å²) in [6.45, 7) is 2.37. The van der Waals surface area contributed by atoms with Gasteiger partial charge in [0.1, 0.15) is 5.82 Å². The highest BCUT2D eigenvalue weighted by molar-refractivity contribution is 8.14. The van der Waals surface area contributed by atoms with E-state index in [1.165, 1.54) is 36.0 Å². The first-order valence-corrected chi connectivity index (χ1v) is 10.2. The van der Waals surface area contributed by atoms with Gasteiger partial charge in [0.05, 0.1) is 11.4 Å². The maximum atomic E-state index is 13.0. The molecule has 0 saturated heterocycles. The van der Waals surface area contributed by atoms with Crippen LogP contribution in [0.25, 0.3) is 0 Å². The third-order valence-electron chi connectivity index (χ3n) is 3.67. The van der Waals surface area contributed by atoms with Crippen molar-refractivity contribution in [3.8, 4) is 0 Å². The fraction of sp³-hybridized carbons (Fsp3) is 0.176. The minimum absolute atomic E-state index is 0.0569. The van der Waals surface area contributed by atoms with Crippen LogP contribution in [-0.2, 0) is 10.0 Å². The van der Waals surface area contributed by atoms with Gasteiger partial charge in [0.2, 0.25) is 0 Å². The van der Waals surface area contributed by atoms with Gasteiger partial charge in [0, 0.05) is 17.0 Å². The summed E-state index contributed by atoms with van der Waals surface area (Å²) < 4.78 is 40.4. The summed E-state index contributed by atoms with van der Waals surface area (Å²) in [6, 6.07) is 9.26. The lowest BCUT2D eigenvalue weighted by Crippen LogP contribution is -2.28. The lowest BCUT2D eigenvalue weighted by Gasteiger charge is -2.11. The van der Waals surface area contributed by atoms with E-state index in [1.807, 2.05) is 0 Å². The molecule has 1 amide bonds. The van der Waals surface area contributed by atoms with Crippen molar-refractivity contribution in [1.82, 2.24) is 5.32 Å². The topological polar surface area (TPSA) is 87.6 Å². The highest BCUT2D eigenvalue weighted by Crippen LogP contribution is 2.20. The number of sulfonamides is 1. The molecule has 0 saturated carbocycles. The molecular formula is C17H16FN3O3S2. The number of benzene rings is 2. The number of rotatable bonds is 4. The summed E-state index contributed by atoms with van der Waals surface area (Å²) in [6.07, 6.45) is 0. The third-order valence-corrected chi connectivity index (χ3v) is 5.94. The van der Waals surface area contributed by atoms with Crippen LogP contribution in [0.15, 0.2) is 52.4 Å². The zero-order valence-corrected chi connectivity index (χ0v) is 15.5. The molecule has 0 aromatic heterocycles. The van der Waals surface area contributed by atoms with Crippen LogP contribution < -0.4 is 10.0 Å². The molecule has 0 atom stereocenters. The minimum Gasteiger partial charge on any atom is -0.301 e. The quantitative estimate of drug-likeness (QED) is 0.836. The predicted octanol–water partition coefficient (Wildman–Crippen LogP) is 2.77. The SMILES string of the molecule is Cc1ccc(S(=O)(=O)Nc2ccc(F)cc2)cc1C(=O)NC1=NCCS1. The molecule has 0 unspecified atom stereocenters. The summed E-state index contributed by atoms with van der Waals surface area (Å²) in [5.41, 5.74) is 1.13. The van der Waals surface area contributed by atoms with Crippen molar-refractivity contribution in [2.75, 3.05) is 17.0 Å². The molecule has 1 aliphatic rings. The molecule has 0 spiro atoms. The maximum absolute atomic E-state index is 13.0. The highest BCUT2D eigenvalue weighted by Gasteiger charge is 2.20. The molecule has 2 N–H and O–H groups in total. The minimum atomic E-state index is -3.91. The maximum Gasteiger partial charge on any atom is 0.261 e. The van der Waals surface area contributed by atoms with Gasteiger partial charge in [-0.3, -0.25) is 14.5 Å². The molecular weight excluding hydrogens is 377 g/mol. The van der Waals surface area contributed by atoms with Crippen molar-refractivity contribution in [3.05, 3.63) is 59.4 Å². The second-order valence-electron chi connectivity index (χ2n) is 5.58. The number of aliphatic imine (C=N–C) groups is 1. The number of anilines is 1. The Morgan fingerprint density at radius 1 is 1.19 bits per heavy atom. The molecule has 2 aromatic rings. The Labute approximate surface area is 155 Å². The van der Waals surface area contributed by atoms with E-state index in [1.54, 1.807) is 13.0 Å². The Hall–Kier alpha value is -2.39. The molecule has 136 valence electrons. The number of carbonyl (C=O) groups is 1. The molecule has 0 aliphatic carbocycles. The van der Waals surface area contributed by atoms with Crippen LogP contribution in [0.3, 0.4) is 0 Å². The van der Waals surface area contributed by atoms with E-state index < -0.39 is 21.7 Å². The first-order valence-electron chi connectivity index (χ1n) is 7.73. The second-order valence-corrected chi connectivity index (χ2v) is 8.34. The molecule has 2 aromatic carbocycles. The lowest BCUT2D eigenvalue weighted by molar-refractivity contribution is 0.0977. The van der Waals surface area contributed by atoms with Gasteiger partial charge in [0.15, 0.2) is 5.17 Å². The first-order chi connectivity index (χ1) is 12.3. The fourth-order valence-corrected chi connectivity index (χ4v) is 4.13. The molecule has 0 bridgehead atoms. The number of thioether (sulfide) groups is 1. The van der Waals surface area contributed by atoms with Crippen molar-refractivity contribution in [2.24, 2.45) is 4.99 Å². The fourth-order valence-electron chi connectivity index (χ4n) is 2.32. The Bertz CT molecular complexity index is 973. The number of nitrogens with zero attached hydrogens (tertiary/aromatic N) is 1. The van der Waals surface area contributed by atoms with E-state index in [4.69, 9.17) is 0 Å². The van der Waals surface area contributed by atoms with Crippen LogP contribution in [0.1, 0.15) is 15.9 Å². The average Bonchev–Trinajstić information content (AvgIpc) is 3.10. The number of amidine groups is 1. The smallest absolute Gasteiger partial charge is 0.261 e. The summed E-state index contributed by atoms with van der Waals surface area (Å²) in [7, 11) is -3.91. The number of hydrogen-bond acceptors (Lipinski definition) is 5. The van der Waals surface area contributed by atoms with E-state index in [0.717, 1.165) is 17.9 Å². The van der Waals surface area contributed by atoms with Gasteiger partial charge >= 0.3 is 0 Å². The molecule has 3 rings (SSSR count). The van der Waals surface area contributed by atoms with Gasteiger partial charge in [-0.25, -0.2) is 12.8 Å². The summed E-state index contributed by atoms with van der Waals surface area (Å²) in [5.74, 6) is -0.0608. The summed E-state index contributed by atoms with van der Waals surface area (Å²) in [5, 5.41) is 3.22. The van der Waals surface area contributed by atoms with Crippen LogP contribution in [0.5, 0.6) is 0 Å². The van der Waals surface area contributed by atoms with Crippen LogP contribution in [0.2, 0.25) is 0 Å². The first kappa shape index (κ1) is 18.4. The Balaban J connectivity index is 1.85. The Morgan fingerprint density at radius 3 is 2.58 bits per heavy atom. The standard InChI is InChI=1S/C17H16FN3O3S2/c1-11-2-7-14(10-15(11)16(22)20-17-19-8-9-25-17)26(23,24)21-13-5-3-12(18)4-6-13/h2-7,10,21H,8-9H2,1H3,(H,19,20,22). The van der Waals surface area contributed by atoms with Gasteiger partial charge in [-0.05, 0) is 48.9 Å². The number of hydrogen-bond donors (Lipinski definition) is 2. The van der Waals surface area contributed by atoms with E-state index in [9.17, 15) is 17.6 Å². The van der Waals surface area contributed by atoms with E-state index in [-0.39, 0.29) is 16.1 Å². The number of nitrogens with one attached hydrogen (secondary N) is 2. The second kappa shape index (κ2) is 7.46. The van der Waals surface area contributed by atoms with Gasteiger partial charge in [-0.1, -0.05) is 17.8 Å². The molecule has 1 heterocycles. The van der Waals surface area contributed by atoms with Crippen LogP contribution in [0, 0.1) is 12.7 Å². The predicted molar refractivity (Wildman–Crippen MR) is 101 cm³/mol. The highest BCUT2D eigenvalue weighted by atomic mass is 32.2. The molecule has 9 heteroatoms. The Morgan fingerprint density at radius 2 is 1.92 bits per heavy atom. The Kier molecular flexibility index (Phi) is 5.28. The van der Waals surface area contributed by atoms with Crippen LogP contribution in [0.4, 0.5) is 10.1 Å². The zero-order chi connectivity index (χ0) is 18.7.